The lowest BCUT2D eigenvalue weighted by molar-refractivity contribution is -0.128. The van der Waals surface area contributed by atoms with Crippen molar-refractivity contribution in [1.29, 1.82) is 0 Å². The molecule has 4 heteroatoms. The molecule has 0 rings (SSSR count). The summed E-state index contributed by atoms with van der Waals surface area (Å²) in [6.07, 6.45) is 0. The molecule has 0 atom stereocenters. The Hall–Kier alpha value is 0.0300. The summed E-state index contributed by atoms with van der Waals surface area (Å²) in [4.78, 5) is 9.67. The molecular formula is C3H6INO2. The number of hydrogen-bond donors (Lipinski definition) is 2. The third kappa shape index (κ3) is 6.03. The molecule has 0 amide bonds. The number of aliphatic carboxylic acids is 1. The minimum absolute atomic E-state index is 0.359. The highest BCUT2D eigenvalue weighted by atomic mass is 127. The zero-order valence-electron chi connectivity index (χ0n) is 3.60. The predicted octanol–water partition coefficient (Wildman–Crippen LogP) is -0.240. The van der Waals surface area contributed by atoms with Gasteiger partial charge in [0.25, 0.3) is 0 Å². The highest BCUT2D eigenvalue weighted by molar-refractivity contribution is 14.2. The van der Waals surface area contributed by atoms with Gasteiger partial charge in [0.1, 0.15) is 0 Å². The minimum Gasteiger partial charge on any atom is -0.478 e. The third-order valence-corrected chi connectivity index (χ3v) is 1.74. The van der Waals surface area contributed by atoms with Crippen molar-refractivity contribution in [2.24, 2.45) is 5.73 Å². The van der Waals surface area contributed by atoms with E-state index in [4.69, 9.17) is 10.8 Å². The average molecular weight is 215 g/mol. The van der Waals surface area contributed by atoms with Crippen LogP contribution in [0.4, 0.5) is 0 Å². The normalized spacial score (nSPS) is 11.0. The van der Waals surface area contributed by atoms with Crippen LogP contribution >= 0.6 is 20.7 Å². The molecule has 0 spiro atoms. The summed E-state index contributed by atoms with van der Waals surface area (Å²) in [5.41, 5.74) is 5.03. The fourth-order valence-corrected chi connectivity index (χ4v) is 0.742. The van der Waals surface area contributed by atoms with Crippen molar-refractivity contribution in [3.8, 4) is 0 Å². The fraction of sp³-hybridized carbons (Fsp3) is 0.333. The summed E-state index contributed by atoms with van der Waals surface area (Å²) >= 11 is -0.359. The summed E-state index contributed by atoms with van der Waals surface area (Å²) in [5, 5.41) is 7.96. The highest BCUT2D eigenvalue weighted by Gasteiger charge is 1.80. The van der Waals surface area contributed by atoms with E-state index in [0.29, 0.717) is 4.55 Å². The molecule has 0 saturated carbocycles. The van der Waals surface area contributed by atoms with Crippen LogP contribution in [-0.2, 0) is 4.79 Å². The number of alkyl halides is 1. The number of carboxylic acid groups (broad SMARTS) is 1. The number of hydrogen-bond acceptors (Lipinski definition) is 2. The highest BCUT2D eigenvalue weighted by Crippen LogP contribution is 1.84. The van der Waals surface area contributed by atoms with E-state index in [2.05, 4.69) is 0 Å². The topological polar surface area (TPSA) is 63.3 Å². The van der Waals surface area contributed by atoms with Crippen LogP contribution in [0.5, 0.6) is 0 Å². The van der Waals surface area contributed by atoms with Crippen LogP contribution in [0.1, 0.15) is 0 Å². The van der Waals surface area contributed by atoms with Gasteiger partial charge < -0.3 is 10.8 Å². The Bertz CT molecular complexity index is 90.9. The standard InChI is InChI=1S/C3H6INO2/c5-2-4-1-3(6)7/h1H,2,5H2,(H,6,7). The molecule has 0 aliphatic carbocycles. The third-order valence-electron chi connectivity index (χ3n) is 0.260. The molecule has 0 radical (unpaired) electrons. The van der Waals surface area contributed by atoms with Gasteiger partial charge in [0.15, 0.2) is 0 Å². The van der Waals surface area contributed by atoms with E-state index in [9.17, 15) is 4.79 Å². The monoisotopic (exact) mass is 215 g/mol. The van der Waals surface area contributed by atoms with Gasteiger partial charge in [0.2, 0.25) is 0 Å². The van der Waals surface area contributed by atoms with Crippen LogP contribution < -0.4 is 5.73 Å². The van der Waals surface area contributed by atoms with Crippen LogP contribution in [0.2, 0.25) is 0 Å². The van der Waals surface area contributed by atoms with E-state index < -0.39 is 5.97 Å². The molecule has 0 aromatic rings. The zero-order chi connectivity index (χ0) is 5.70. The van der Waals surface area contributed by atoms with Crippen LogP contribution in [0, 0.1) is 0 Å². The first-order chi connectivity index (χ1) is 3.27. The van der Waals surface area contributed by atoms with E-state index in [1.165, 1.54) is 4.01 Å². The van der Waals surface area contributed by atoms with E-state index in [0.717, 1.165) is 0 Å². The maximum absolute atomic E-state index is 9.67. The predicted molar refractivity (Wildman–Crippen MR) is 36.8 cm³/mol. The Balaban J connectivity index is 3.26. The molecule has 7 heavy (non-hydrogen) atoms. The van der Waals surface area contributed by atoms with E-state index >= 15 is 0 Å². The fourth-order valence-electron chi connectivity index (χ4n) is 0.111. The van der Waals surface area contributed by atoms with Crippen molar-refractivity contribution in [3.05, 3.63) is 0 Å². The summed E-state index contributed by atoms with van der Waals surface area (Å²) in [6.45, 7) is 0. The Morgan fingerprint density at radius 3 is 2.71 bits per heavy atom. The lowest BCUT2D eigenvalue weighted by atomic mass is 10.9. The van der Waals surface area contributed by atoms with Gasteiger partial charge in [-0.05, 0) is 0 Å². The van der Waals surface area contributed by atoms with Gasteiger partial charge in [-0.15, -0.1) is 0 Å². The first-order valence-electron chi connectivity index (χ1n) is 1.61. The van der Waals surface area contributed by atoms with Crippen LogP contribution in [0.3, 0.4) is 0 Å². The quantitative estimate of drug-likeness (QED) is 0.379. The van der Waals surface area contributed by atoms with E-state index in [1.807, 2.05) is 0 Å². The van der Waals surface area contributed by atoms with Gasteiger partial charge in [-0.3, -0.25) is 0 Å². The van der Waals surface area contributed by atoms with Gasteiger partial charge in [0, 0.05) is 4.55 Å². The number of nitrogens with two attached hydrogens (primary N) is 1. The maximum atomic E-state index is 9.67. The lowest BCUT2D eigenvalue weighted by Crippen LogP contribution is -1.94. The summed E-state index contributed by atoms with van der Waals surface area (Å²) < 4.78 is 1.77. The SMILES string of the molecule is NCI=CC(=O)O. The molecule has 42 valence electrons. The van der Waals surface area contributed by atoms with Crippen LogP contribution in [0.15, 0.2) is 0 Å². The van der Waals surface area contributed by atoms with Gasteiger partial charge in [-0.2, -0.15) is 0 Å². The first kappa shape index (κ1) is 7.03. The van der Waals surface area contributed by atoms with Gasteiger partial charge >= 0.3 is 5.97 Å². The molecule has 0 aromatic carbocycles. The van der Waals surface area contributed by atoms with Crippen molar-refractivity contribution in [1.82, 2.24) is 0 Å². The molecule has 0 fully saturated rings. The van der Waals surface area contributed by atoms with E-state index in [1.54, 1.807) is 0 Å². The van der Waals surface area contributed by atoms with Crippen molar-refractivity contribution >= 4 is 30.7 Å². The number of carbonyl (C=O) groups is 1. The molecule has 0 aliphatic rings. The summed E-state index contributed by atoms with van der Waals surface area (Å²) in [6, 6.07) is 0. The lowest BCUT2D eigenvalue weighted by Gasteiger charge is -1.73. The van der Waals surface area contributed by atoms with Crippen molar-refractivity contribution in [3.63, 3.8) is 0 Å². The van der Waals surface area contributed by atoms with Crippen molar-refractivity contribution < 1.29 is 9.90 Å². The second-order valence-corrected chi connectivity index (χ2v) is 3.14. The molecule has 3 nitrogen and oxygen atoms in total. The van der Waals surface area contributed by atoms with E-state index in [-0.39, 0.29) is 20.7 Å². The molecule has 0 unspecified atom stereocenters. The van der Waals surface area contributed by atoms with Gasteiger partial charge in [0.05, 0.1) is 4.01 Å². The maximum Gasteiger partial charge on any atom is 0.333 e. The van der Waals surface area contributed by atoms with Gasteiger partial charge in [-0.25, -0.2) is 4.79 Å². The Labute approximate surface area is 51.3 Å². The van der Waals surface area contributed by atoms with Crippen LogP contribution in [-0.4, -0.2) is 19.6 Å². The van der Waals surface area contributed by atoms with Crippen molar-refractivity contribution in [2.45, 2.75) is 0 Å². The van der Waals surface area contributed by atoms with Crippen LogP contribution in [0.25, 0.3) is 0 Å². The molecule has 0 heterocycles. The Kier molecular flexibility index (Phi) is 4.21. The number of carboxylic acids is 1. The second kappa shape index (κ2) is 4.20. The van der Waals surface area contributed by atoms with Gasteiger partial charge in [-0.1, -0.05) is 20.7 Å². The summed E-state index contributed by atoms with van der Waals surface area (Å²) in [5.74, 6) is -0.849. The second-order valence-electron chi connectivity index (χ2n) is 0.756. The molecule has 0 bridgehead atoms. The largest absolute Gasteiger partial charge is 0.478 e. The summed E-state index contributed by atoms with van der Waals surface area (Å²) in [7, 11) is 0. The average Bonchev–Trinajstić information content (AvgIpc) is 1.61. The number of halogens is 1. The zero-order valence-corrected chi connectivity index (χ0v) is 5.75. The molecule has 0 aliphatic heterocycles. The first-order valence-corrected chi connectivity index (χ1v) is 4.38. The molecular weight excluding hydrogens is 209 g/mol. The van der Waals surface area contributed by atoms with Crippen molar-refractivity contribution in [2.75, 3.05) is 4.55 Å². The number of rotatable bonds is 2. The minimum atomic E-state index is -0.849. The molecule has 0 aromatic heterocycles. The Morgan fingerprint density at radius 2 is 2.57 bits per heavy atom. The molecule has 0 saturated heterocycles. The molecule has 3 N–H and O–H groups in total. The smallest absolute Gasteiger partial charge is 0.333 e. The Morgan fingerprint density at radius 1 is 2.00 bits per heavy atom.